The second-order valence-corrected chi connectivity index (χ2v) is 8.88. The van der Waals surface area contributed by atoms with Gasteiger partial charge in [0.1, 0.15) is 10.6 Å². The van der Waals surface area contributed by atoms with Crippen molar-refractivity contribution in [3.63, 3.8) is 0 Å². The van der Waals surface area contributed by atoms with Gasteiger partial charge in [0.25, 0.3) is 5.91 Å². The van der Waals surface area contributed by atoms with E-state index in [2.05, 4.69) is 10.4 Å². The van der Waals surface area contributed by atoms with Crippen molar-refractivity contribution < 1.29 is 14.0 Å². The van der Waals surface area contributed by atoms with E-state index in [1.807, 2.05) is 41.9 Å². The Hall–Kier alpha value is -3.52. The zero-order valence-corrected chi connectivity index (χ0v) is 18.3. The van der Waals surface area contributed by atoms with Gasteiger partial charge in [-0.05, 0) is 61.4 Å². The molecule has 0 spiro atoms. The maximum Gasteiger partial charge on any atom is 0.265 e. The van der Waals surface area contributed by atoms with E-state index in [4.69, 9.17) is 0 Å². The number of amides is 2. The van der Waals surface area contributed by atoms with Crippen LogP contribution in [0.3, 0.4) is 0 Å². The molecule has 3 heterocycles. The van der Waals surface area contributed by atoms with Gasteiger partial charge in [0.2, 0.25) is 5.91 Å². The highest BCUT2D eigenvalue weighted by molar-refractivity contribution is 7.20. The Bertz CT molecular complexity index is 1310. The lowest BCUT2D eigenvalue weighted by atomic mass is 10.2. The number of fused-ring (bicyclic) bond motifs is 1. The number of hydrogen-bond acceptors (Lipinski definition) is 4. The highest BCUT2D eigenvalue weighted by Crippen LogP contribution is 2.30. The predicted molar refractivity (Wildman–Crippen MR) is 124 cm³/mol. The summed E-state index contributed by atoms with van der Waals surface area (Å²) in [6.45, 7) is 3.15. The Morgan fingerprint density at radius 2 is 1.91 bits per heavy atom. The van der Waals surface area contributed by atoms with Crippen molar-refractivity contribution in [2.75, 3.05) is 16.8 Å². The van der Waals surface area contributed by atoms with Crippen LogP contribution in [0.1, 0.15) is 33.8 Å². The molecule has 1 fully saturated rings. The van der Waals surface area contributed by atoms with Crippen LogP contribution in [0, 0.1) is 12.7 Å². The molecule has 1 aliphatic heterocycles. The molecule has 162 valence electrons. The van der Waals surface area contributed by atoms with Gasteiger partial charge in [0.15, 0.2) is 0 Å². The van der Waals surface area contributed by atoms with E-state index in [-0.39, 0.29) is 17.6 Å². The van der Waals surface area contributed by atoms with Gasteiger partial charge in [-0.1, -0.05) is 12.1 Å². The summed E-state index contributed by atoms with van der Waals surface area (Å²) in [5, 5.41) is 8.44. The summed E-state index contributed by atoms with van der Waals surface area (Å²) in [6, 6.07) is 15.5. The molecule has 0 aliphatic carbocycles. The van der Waals surface area contributed by atoms with Crippen LogP contribution in [0.4, 0.5) is 15.8 Å². The molecule has 8 heteroatoms. The molecular weight excluding hydrogens is 427 g/mol. The van der Waals surface area contributed by atoms with Crippen LogP contribution in [0.15, 0.2) is 54.6 Å². The summed E-state index contributed by atoms with van der Waals surface area (Å²) < 4.78 is 15.0. The van der Waals surface area contributed by atoms with E-state index in [0.29, 0.717) is 23.5 Å². The predicted octanol–water partition coefficient (Wildman–Crippen LogP) is 4.97. The largest absolute Gasteiger partial charge is 0.321 e. The van der Waals surface area contributed by atoms with Gasteiger partial charge in [-0.3, -0.25) is 14.3 Å². The number of nitrogens with zero attached hydrogens (tertiary/aromatic N) is 3. The maximum atomic E-state index is 13.2. The van der Waals surface area contributed by atoms with E-state index in [0.717, 1.165) is 40.1 Å². The SMILES string of the molecule is Cc1nn(Cc2ccc(F)cc2)c2sc(C(=O)Nc3ccc(N4CCCC4=O)cc3)cc12. The van der Waals surface area contributed by atoms with E-state index in [1.165, 1.54) is 23.5 Å². The molecule has 0 saturated carbocycles. The summed E-state index contributed by atoms with van der Waals surface area (Å²) >= 11 is 1.38. The molecule has 2 aromatic carbocycles. The van der Waals surface area contributed by atoms with Crippen molar-refractivity contribution in [3.8, 4) is 0 Å². The van der Waals surface area contributed by atoms with Crippen LogP contribution in [0.2, 0.25) is 0 Å². The van der Waals surface area contributed by atoms with Crippen molar-refractivity contribution >= 4 is 44.7 Å². The standard InChI is InChI=1S/C24H21FN4O2S/c1-15-20-13-21(32-24(20)29(27-15)14-16-4-6-17(25)7-5-16)23(31)26-18-8-10-19(11-9-18)28-12-2-3-22(28)30/h4-11,13H,2-3,12,14H2,1H3,(H,26,31). The maximum absolute atomic E-state index is 13.2. The number of rotatable bonds is 5. The Morgan fingerprint density at radius 1 is 1.16 bits per heavy atom. The topological polar surface area (TPSA) is 67.2 Å². The summed E-state index contributed by atoms with van der Waals surface area (Å²) in [4.78, 5) is 28.0. The second-order valence-electron chi connectivity index (χ2n) is 7.85. The quantitative estimate of drug-likeness (QED) is 0.469. The minimum absolute atomic E-state index is 0.136. The Kier molecular flexibility index (Phi) is 5.22. The molecule has 2 aromatic heterocycles. The van der Waals surface area contributed by atoms with Crippen molar-refractivity contribution in [2.45, 2.75) is 26.3 Å². The smallest absolute Gasteiger partial charge is 0.265 e. The van der Waals surface area contributed by atoms with Gasteiger partial charge >= 0.3 is 0 Å². The number of halogens is 1. The molecule has 6 nitrogen and oxygen atoms in total. The molecule has 32 heavy (non-hydrogen) atoms. The summed E-state index contributed by atoms with van der Waals surface area (Å²) in [5.41, 5.74) is 3.31. The first-order chi connectivity index (χ1) is 15.5. The van der Waals surface area contributed by atoms with E-state index in [1.54, 1.807) is 17.0 Å². The van der Waals surface area contributed by atoms with Gasteiger partial charge in [-0.15, -0.1) is 11.3 Å². The third-order valence-electron chi connectivity index (χ3n) is 5.59. The van der Waals surface area contributed by atoms with Crippen LogP contribution in [-0.4, -0.2) is 28.1 Å². The van der Waals surface area contributed by atoms with Gasteiger partial charge in [0.05, 0.1) is 17.1 Å². The zero-order chi connectivity index (χ0) is 22.2. The fourth-order valence-corrected chi connectivity index (χ4v) is 4.99. The molecule has 0 atom stereocenters. The summed E-state index contributed by atoms with van der Waals surface area (Å²) in [7, 11) is 0. The van der Waals surface area contributed by atoms with Crippen molar-refractivity contribution in [1.82, 2.24) is 9.78 Å². The highest BCUT2D eigenvalue weighted by atomic mass is 32.1. The average Bonchev–Trinajstić information content (AvgIpc) is 3.48. The molecular formula is C24H21FN4O2S. The molecule has 0 unspecified atom stereocenters. The van der Waals surface area contributed by atoms with Gasteiger partial charge in [0, 0.05) is 29.7 Å². The summed E-state index contributed by atoms with van der Waals surface area (Å²) in [5.74, 6) is -0.327. The number of thiophene rings is 1. The first-order valence-corrected chi connectivity index (χ1v) is 11.2. The molecule has 0 radical (unpaired) electrons. The number of hydrogen-bond donors (Lipinski definition) is 1. The monoisotopic (exact) mass is 448 g/mol. The number of aromatic nitrogens is 2. The van der Waals surface area contributed by atoms with E-state index >= 15 is 0 Å². The Morgan fingerprint density at radius 3 is 2.59 bits per heavy atom. The number of carbonyl (C=O) groups is 2. The Labute approximate surface area is 188 Å². The first kappa shape index (κ1) is 20.4. The summed E-state index contributed by atoms with van der Waals surface area (Å²) in [6.07, 6.45) is 1.46. The van der Waals surface area contributed by atoms with E-state index in [9.17, 15) is 14.0 Å². The number of aryl methyl sites for hydroxylation is 1. The van der Waals surface area contributed by atoms with Crippen molar-refractivity contribution in [2.24, 2.45) is 0 Å². The third kappa shape index (κ3) is 3.89. The molecule has 4 aromatic rings. The normalized spacial score (nSPS) is 13.8. The van der Waals surface area contributed by atoms with Crippen LogP contribution < -0.4 is 10.2 Å². The Balaban J connectivity index is 1.33. The van der Waals surface area contributed by atoms with Gasteiger partial charge in [-0.2, -0.15) is 5.10 Å². The molecule has 1 aliphatic rings. The van der Waals surface area contributed by atoms with Gasteiger partial charge < -0.3 is 10.2 Å². The number of anilines is 2. The van der Waals surface area contributed by atoms with Crippen LogP contribution in [0.5, 0.6) is 0 Å². The number of carbonyl (C=O) groups excluding carboxylic acids is 2. The lowest BCUT2D eigenvalue weighted by Gasteiger charge is -2.16. The number of nitrogens with one attached hydrogen (secondary N) is 1. The van der Waals surface area contributed by atoms with Crippen molar-refractivity contribution in [1.29, 1.82) is 0 Å². The van der Waals surface area contributed by atoms with Crippen LogP contribution in [-0.2, 0) is 11.3 Å². The highest BCUT2D eigenvalue weighted by Gasteiger charge is 2.22. The lowest BCUT2D eigenvalue weighted by molar-refractivity contribution is -0.117. The fourth-order valence-electron chi connectivity index (χ4n) is 3.93. The third-order valence-corrected chi connectivity index (χ3v) is 6.73. The molecule has 1 saturated heterocycles. The fraction of sp³-hybridized carbons (Fsp3) is 0.208. The minimum Gasteiger partial charge on any atom is -0.321 e. The number of benzene rings is 2. The second kappa shape index (κ2) is 8.20. The first-order valence-electron chi connectivity index (χ1n) is 10.4. The van der Waals surface area contributed by atoms with Crippen LogP contribution >= 0.6 is 11.3 Å². The lowest BCUT2D eigenvalue weighted by Crippen LogP contribution is -2.23. The molecule has 0 bridgehead atoms. The van der Waals surface area contributed by atoms with Crippen molar-refractivity contribution in [3.05, 3.63) is 76.5 Å². The molecule has 1 N–H and O–H groups in total. The van der Waals surface area contributed by atoms with E-state index < -0.39 is 0 Å². The zero-order valence-electron chi connectivity index (χ0n) is 17.5. The van der Waals surface area contributed by atoms with Gasteiger partial charge in [-0.25, -0.2) is 4.39 Å². The molecule has 5 rings (SSSR count). The molecule has 2 amide bonds. The average molecular weight is 449 g/mol. The van der Waals surface area contributed by atoms with Crippen LogP contribution in [0.25, 0.3) is 10.2 Å². The minimum atomic E-state index is -0.273.